The van der Waals surface area contributed by atoms with Crippen LogP contribution in [0.1, 0.15) is 26.3 Å². The van der Waals surface area contributed by atoms with Gasteiger partial charge in [-0.3, -0.25) is 9.89 Å². The molecule has 0 aliphatic carbocycles. The molecule has 0 saturated carbocycles. The number of rotatable bonds is 7. The second-order valence-corrected chi connectivity index (χ2v) is 6.72. The second kappa shape index (κ2) is 8.58. The fraction of sp³-hybridized carbons (Fsp3) is 0.150. The maximum atomic E-state index is 12.6. The Hall–Kier alpha value is -3.32. The van der Waals surface area contributed by atoms with Crippen molar-refractivity contribution in [2.75, 3.05) is 23.8 Å². The van der Waals surface area contributed by atoms with Gasteiger partial charge in [0.1, 0.15) is 0 Å². The molecule has 28 heavy (non-hydrogen) atoms. The minimum absolute atomic E-state index is 0.0911. The number of nitrogens with one attached hydrogen (secondary N) is 2. The van der Waals surface area contributed by atoms with Crippen molar-refractivity contribution in [3.8, 4) is 0 Å². The Balaban J connectivity index is 1.85. The molecule has 0 unspecified atom stereocenters. The lowest BCUT2D eigenvalue weighted by molar-refractivity contribution is 0.0696. The Morgan fingerprint density at radius 2 is 2.04 bits per heavy atom. The Kier molecular flexibility index (Phi) is 5.96. The number of hydrogen-bond donors (Lipinski definition) is 3. The summed E-state index contributed by atoms with van der Waals surface area (Å²) >= 11 is 5.96. The number of H-pyrrole nitrogens is 1. The molecule has 1 amide bonds. The van der Waals surface area contributed by atoms with E-state index in [1.807, 2.05) is 18.1 Å². The highest BCUT2D eigenvalue weighted by atomic mass is 35.5. The molecule has 0 fully saturated rings. The van der Waals surface area contributed by atoms with Gasteiger partial charge in [0, 0.05) is 30.4 Å². The Morgan fingerprint density at radius 3 is 2.71 bits per heavy atom. The fourth-order valence-corrected chi connectivity index (χ4v) is 2.95. The first-order valence-electron chi connectivity index (χ1n) is 8.57. The number of carbonyl (C=O) groups is 2. The van der Waals surface area contributed by atoms with E-state index < -0.39 is 5.97 Å². The predicted molar refractivity (Wildman–Crippen MR) is 108 cm³/mol. The molecule has 3 rings (SSSR count). The summed E-state index contributed by atoms with van der Waals surface area (Å²) in [5.74, 6) is -1.43. The van der Waals surface area contributed by atoms with Gasteiger partial charge in [-0.15, -0.1) is 0 Å². The number of hydrogen-bond acceptors (Lipinski definition) is 4. The van der Waals surface area contributed by atoms with Crippen molar-refractivity contribution >= 4 is 34.9 Å². The Bertz CT molecular complexity index is 989. The number of amides is 1. The summed E-state index contributed by atoms with van der Waals surface area (Å²) in [6.45, 7) is 0.659. The van der Waals surface area contributed by atoms with Crippen molar-refractivity contribution in [2.24, 2.45) is 0 Å². The zero-order chi connectivity index (χ0) is 20.1. The van der Waals surface area contributed by atoms with Gasteiger partial charge in [0.05, 0.1) is 23.1 Å². The first-order chi connectivity index (χ1) is 13.4. The van der Waals surface area contributed by atoms with Gasteiger partial charge in [0.2, 0.25) is 0 Å². The lowest BCUT2D eigenvalue weighted by Gasteiger charge is -2.23. The summed E-state index contributed by atoms with van der Waals surface area (Å²) in [6, 6.07) is 11.2. The third-order valence-electron chi connectivity index (χ3n) is 4.28. The monoisotopic (exact) mass is 398 g/mol. The molecule has 1 aromatic heterocycles. The van der Waals surface area contributed by atoms with Crippen LogP contribution in [0, 0.1) is 0 Å². The van der Waals surface area contributed by atoms with Crippen molar-refractivity contribution < 1.29 is 14.7 Å². The topological polar surface area (TPSA) is 98.3 Å². The van der Waals surface area contributed by atoms with Crippen LogP contribution < -0.4 is 10.2 Å². The number of halogens is 1. The molecular formula is C20H19ClN4O3. The molecule has 8 heteroatoms. The van der Waals surface area contributed by atoms with Gasteiger partial charge in [-0.1, -0.05) is 17.7 Å². The number of aromatic amines is 1. The Labute approximate surface area is 166 Å². The van der Waals surface area contributed by atoms with E-state index in [0.29, 0.717) is 28.5 Å². The zero-order valence-electron chi connectivity index (χ0n) is 15.1. The van der Waals surface area contributed by atoms with Crippen LogP contribution in [0.15, 0.2) is 54.9 Å². The normalized spacial score (nSPS) is 10.5. The number of carbonyl (C=O) groups excluding carboxylic acids is 1. The van der Waals surface area contributed by atoms with E-state index >= 15 is 0 Å². The maximum absolute atomic E-state index is 12.6. The van der Waals surface area contributed by atoms with Crippen LogP contribution in [0.5, 0.6) is 0 Å². The van der Waals surface area contributed by atoms with Crippen molar-refractivity contribution in [2.45, 2.75) is 6.42 Å². The highest BCUT2D eigenvalue weighted by Crippen LogP contribution is 2.27. The summed E-state index contributed by atoms with van der Waals surface area (Å²) in [7, 11) is 1.88. The SMILES string of the molecule is CN(CCc1cn[nH]c1)c1ccc(C(=O)O)cc1NC(=O)c1cccc(Cl)c1. The van der Waals surface area contributed by atoms with Crippen LogP contribution in [0.2, 0.25) is 5.02 Å². The largest absolute Gasteiger partial charge is 0.478 e. The molecule has 0 saturated heterocycles. The van der Waals surface area contributed by atoms with Crippen LogP contribution >= 0.6 is 11.6 Å². The number of aromatic nitrogens is 2. The minimum Gasteiger partial charge on any atom is -0.478 e. The molecule has 0 atom stereocenters. The van der Waals surface area contributed by atoms with E-state index in [0.717, 1.165) is 12.0 Å². The number of carboxylic acids is 1. The second-order valence-electron chi connectivity index (χ2n) is 6.28. The predicted octanol–water partition coefficient (Wildman–Crippen LogP) is 3.69. The standard InChI is InChI=1S/C20H19ClN4O3/c1-25(8-7-13-11-22-23-12-13)18-6-5-15(20(27)28)10-17(18)24-19(26)14-3-2-4-16(21)9-14/h2-6,9-12H,7-8H2,1H3,(H,22,23)(H,24,26)(H,27,28). The van der Waals surface area contributed by atoms with Gasteiger partial charge >= 0.3 is 5.97 Å². The number of aromatic carboxylic acids is 1. The lowest BCUT2D eigenvalue weighted by Crippen LogP contribution is -2.23. The first kappa shape index (κ1) is 19.4. The van der Waals surface area contributed by atoms with Crippen LogP contribution in [0.4, 0.5) is 11.4 Å². The quantitative estimate of drug-likeness (QED) is 0.563. The average molecular weight is 399 g/mol. The molecule has 1 heterocycles. The highest BCUT2D eigenvalue weighted by Gasteiger charge is 2.15. The number of likely N-dealkylation sites (N-methyl/N-ethyl adjacent to an activating group) is 1. The van der Waals surface area contributed by atoms with Crippen LogP contribution in [0.25, 0.3) is 0 Å². The van der Waals surface area contributed by atoms with Gasteiger partial charge in [-0.2, -0.15) is 5.10 Å². The Morgan fingerprint density at radius 1 is 1.21 bits per heavy atom. The molecule has 144 valence electrons. The molecule has 0 radical (unpaired) electrons. The summed E-state index contributed by atoms with van der Waals surface area (Å²) in [5, 5.41) is 19.2. The van der Waals surface area contributed by atoms with Crippen molar-refractivity contribution in [1.82, 2.24) is 10.2 Å². The van der Waals surface area contributed by atoms with E-state index in [1.54, 1.807) is 36.5 Å². The van der Waals surface area contributed by atoms with Gasteiger partial charge < -0.3 is 15.3 Å². The van der Waals surface area contributed by atoms with Gasteiger partial charge in [0.15, 0.2) is 0 Å². The first-order valence-corrected chi connectivity index (χ1v) is 8.95. The smallest absolute Gasteiger partial charge is 0.335 e. The number of anilines is 2. The van der Waals surface area contributed by atoms with Crippen molar-refractivity contribution in [3.05, 3.63) is 76.6 Å². The fourth-order valence-electron chi connectivity index (χ4n) is 2.76. The number of nitrogens with zero attached hydrogens (tertiary/aromatic N) is 2. The molecular weight excluding hydrogens is 380 g/mol. The molecule has 7 nitrogen and oxygen atoms in total. The van der Waals surface area contributed by atoms with Gasteiger partial charge in [-0.05, 0) is 48.4 Å². The third kappa shape index (κ3) is 4.69. The van der Waals surface area contributed by atoms with Crippen LogP contribution in [0.3, 0.4) is 0 Å². The van der Waals surface area contributed by atoms with E-state index in [4.69, 9.17) is 11.6 Å². The molecule has 0 bridgehead atoms. The van der Waals surface area contributed by atoms with Gasteiger partial charge in [0.25, 0.3) is 5.91 Å². The summed E-state index contributed by atoms with van der Waals surface area (Å²) in [4.78, 5) is 25.9. The highest BCUT2D eigenvalue weighted by molar-refractivity contribution is 6.31. The lowest BCUT2D eigenvalue weighted by atomic mass is 10.1. The van der Waals surface area contributed by atoms with E-state index in [9.17, 15) is 14.7 Å². The summed E-state index contributed by atoms with van der Waals surface area (Å²) in [6.07, 6.45) is 4.32. The van der Waals surface area contributed by atoms with E-state index in [1.165, 1.54) is 12.1 Å². The molecule has 2 aromatic carbocycles. The van der Waals surface area contributed by atoms with Crippen molar-refractivity contribution in [1.29, 1.82) is 0 Å². The average Bonchev–Trinajstić information content (AvgIpc) is 3.19. The van der Waals surface area contributed by atoms with Crippen LogP contribution in [-0.4, -0.2) is 40.8 Å². The molecule has 3 aromatic rings. The zero-order valence-corrected chi connectivity index (χ0v) is 15.9. The minimum atomic E-state index is -1.06. The molecule has 3 N–H and O–H groups in total. The van der Waals surface area contributed by atoms with Gasteiger partial charge in [-0.25, -0.2) is 4.79 Å². The number of benzene rings is 2. The maximum Gasteiger partial charge on any atom is 0.335 e. The van der Waals surface area contributed by atoms with Crippen molar-refractivity contribution in [3.63, 3.8) is 0 Å². The number of carboxylic acid groups (broad SMARTS) is 1. The van der Waals surface area contributed by atoms with E-state index in [2.05, 4.69) is 15.5 Å². The molecule has 0 aliphatic rings. The summed E-state index contributed by atoms with van der Waals surface area (Å²) < 4.78 is 0. The summed E-state index contributed by atoms with van der Waals surface area (Å²) in [5.41, 5.74) is 2.66. The van der Waals surface area contributed by atoms with E-state index in [-0.39, 0.29) is 11.5 Å². The van der Waals surface area contributed by atoms with Crippen LogP contribution in [-0.2, 0) is 6.42 Å². The third-order valence-corrected chi connectivity index (χ3v) is 4.52. The molecule has 0 aliphatic heterocycles. The molecule has 0 spiro atoms.